The zero-order valence-corrected chi connectivity index (χ0v) is 13.2. The van der Waals surface area contributed by atoms with Gasteiger partial charge in [0.25, 0.3) is 0 Å². The Balaban J connectivity index is 2.10. The number of nitrogens with zero attached hydrogens (tertiary/aromatic N) is 1. The van der Waals surface area contributed by atoms with Gasteiger partial charge in [0.05, 0.1) is 10.7 Å². The molecule has 2 aromatic rings. The zero-order chi connectivity index (χ0) is 14.0. The van der Waals surface area contributed by atoms with Gasteiger partial charge in [0.15, 0.2) is 0 Å². The van der Waals surface area contributed by atoms with Gasteiger partial charge in [-0.05, 0) is 51.3 Å². The van der Waals surface area contributed by atoms with Crippen molar-refractivity contribution in [1.82, 2.24) is 10.3 Å². The molecule has 1 aromatic carbocycles. The third kappa shape index (κ3) is 3.43. The number of nitrogens with one attached hydrogen (secondary N) is 1. The van der Waals surface area contributed by atoms with Gasteiger partial charge in [-0.3, -0.25) is 0 Å². The summed E-state index contributed by atoms with van der Waals surface area (Å²) in [6, 6.07) is 4.86. The largest absolute Gasteiger partial charge is 0.305 e. The van der Waals surface area contributed by atoms with Crippen LogP contribution in [0.1, 0.15) is 45.9 Å². The van der Waals surface area contributed by atoms with Gasteiger partial charge in [0, 0.05) is 18.0 Å². The highest BCUT2D eigenvalue weighted by Crippen LogP contribution is 2.23. The average molecular weight is 274 g/mol. The smallest absolute Gasteiger partial charge is 0.0897 e. The molecule has 2 nitrogen and oxygen atoms in total. The van der Waals surface area contributed by atoms with Crippen molar-refractivity contribution < 1.29 is 0 Å². The van der Waals surface area contributed by atoms with Crippen molar-refractivity contribution in [3.63, 3.8) is 0 Å². The molecule has 0 bridgehead atoms. The molecular formula is C16H22N2S. The van der Waals surface area contributed by atoms with Crippen molar-refractivity contribution in [2.45, 2.75) is 47.2 Å². The molecule has 0 amide bonds. The molecule has 102 valence electrons. The minimum absolute atomic E-state index is 0.350. The molecule has 19 heavy (non-hydrogen) atoms. The van der Waals surface area contributed by atoms with E-state index in [-0.39, 0.29) is 0 Å². The van der Waals surface area contributed by atoms with Crippen LogP contribution in [0.4, 0.5) is 0 Å². The summed E-state index contributed by atoms with van der Waals surface area (Å²) in [6.45, 7) is 11.6. The van der Waals surface area contributed by atoms with E-state index in [9.17, 15) is 0 Å². The molecule has 0 aliphatic carbocycles. The fourth-order valence-corrected chi connectivity index (χ4v) is 3.34. The van der Waals surface area contributed by atoms with Crippen LogP contribution in [0.15, 0.2) is 17.5 Å². The Hall–Kier alpha value is -1.19. The minimum atomic E-state index is 0.350. The molecule has 0 radical (unpaired) electrons. The Morgan fingerprint density at radius 3 is 2.32 bits per heavy atom. The van der Waals surface area contributed by atoms with Crippen LogP contribution >= 0.6 is 11.3 Å². The van der Waals surface area contributed by atoms with Crippen LogP contribution in [0.3, 0.4) is 0 Å². The minimum Gasteiger partial charge on any atom is -0.305 e. The third-order valence-corrected chi connectivity index (χ3v) is 4.25. The van der Waals surface area contributed by atoms with Gasteiger partial charge in [-0.15, -0.1) is 11.3 Å². The topological polar surface area (TPSA) is 24.9 Å². The lowest BCUT2D eigenvalue weighted by Gasteiger charge is -2.19. The highest BCUT2D eigenvalue weighted by molar-refractivity contribution is 7.09. The van der Waals surface area contributed by atoms with E-state index < -0.39 is 0 Å². The van der Waals surface area contributed by atoms with Gasteiger partial charge in [-0.25, -0.2) is 4.98 Å². The molecule has 0 saturated carbocycles. The molecule has 1 aromatic heterocycles. The van der Waals surface area contributed by atoms with Crippen LogP contribution in [0, 0.1) is 27.7 Å². The molecular weight excluding hydrogens is 252 g/mol. The molecule has 0 spiro atoms. The molecule has 0 aliphatic rings. The SMILES string of the molecule is Cc1cc(C)c(C(C)NCc2csc(C)n2)c(C)c1. The number of aromatic nitrogens is 1. The maximum atomic E-state index is 4.49. The normalized spacial score (nSPS) is 12.7. The predicted molar refractivity (Wildman–Crippen MR) is 82.8 cm³/mol. The molecule has 1 heterocycles. The summed E-state index contributed by atoms with van der Waals surface area (Å²) >= 11 is 1.71. The summed E-state index contributed by atoms with van der Waals surface area (Å²) in [5.41, 5.74) is 6.62. The lowest BCUT2D eigenvalue weighted by Crippen LogP contribution is -2.20. The van der Waals surface area contributed by atoms with E-state index in [1.54, 1.807) is 11.3 Å². The van der Waals surface area contributed by atoms with Crippen molar-refractivity contribution in [3.05, 3.63) is 50.5 Å². The number of hydrogen-bond acceptors (Lipinski definition) is 3. The zero-order valence-electron chi connectivity index (χ0n) is 12.4. The summed E-state index contributed by atoms with van der Waals surface area (Å²) in [5.74, 6) is 0. The number of aryl methyl sites for hydroxylation is 4. The summed E-state index contributed by atoms with van der Waals surface area (Å²) < 4.78 is 0. The Kier molecular flexibility index (Phi) is 4.38. The number of hydrogen-bond donors (Lipinski definition) is 1. The van der Waals surface area contributed by atoms with E-state index in [0.717, 1.165) is 17.2 Å². The first-order chi connectivity index (χ1) is 8.97. The van der Waals surface area contributed by atoms with Gasteiger partial charge in [0.1, 0.15) is 0 Å². The lowest BCUT2D eigenvalue weighted by atomic mass is 9.95. The second-order valence-corrected chi connectivity index (χ2v) is 6.34. The van der Waals surface area contributed by atoms with Gasteiger partial charge in [-0.2, -0.15) is 0 Å². The fraction of sp³-hybridized carbons (Fsp3) is 0.438. The molecule has 3 heteroatoms. The van der Waals surface area contributed by atoms with E-state index in [1.807, 2.05) is 6.92 Å². The van der Waals surface area contributed by atoms with Gasteiger partial charge < -0.3 is 5.32 Å². The second-order valence-electron chi connectivity index (χ2n) is 5.27. The Labute approximate surface area is 119 Å². The van der Waals surface area contributed by atoms with Crippen LogP contribution in [-0.4, -0.2) is 4.98 Å². The summed E-state index contributed by atoms with van der Waals surface area (Å²) in [6.07, 6.45) is 0. The Morgan fingerprint density at radius 1 is 1.16 bits per heavy atom. The maximum absolute atomic E-state index is 4.49. The van der Waals surface area contributed by atoms with E-state index in [1.165, 1.54) is 22.3 Å². The second kappa shape index (κ2) is 5.85. The monoisotopic (exact) mass is 274 g/mol. The van der Waals surface area contributed by atoms with Crippen molar-refractivity contribution in [2.75, 3.05) is 0 Å². The first-order valence-electron chi connectivity index (χ1n) is 6.69. The number of rotatable bonds is 4. The third-order valence-electron chi connectivity index (χ3n) is 3.43. The van der Waals surface area contributed by atoms with Gasteiger partial charge >= 0.3 is 0 Å². The number of benzene rings is 1. The average Bonchev–Trinajstić information content (AvgIpc) is 2.71. The lowest BCUT2D eigenvalue weighted by molar-refractivity contribution is 0.564. The van der Waals surface area contributed by atoms with Crippen LogP contribution in [0.2, 0.25) is 0 Å². The fourth-order valence-electron chi connectivity index (χ4n) is 2.72. The molecule has 0 fully saturated rings. The van der Waals surface area contributed by atoms with Crippen molar-refractivity contribution >= 4 is 11.3 Å². The quantitative estimate of drug-likeness (QED) is 0.902. The van der Waals surface area contributed by atoms with Crippen molar-refractivity contribution in [2.24, 2.45) is 0 Å². The standard InChI is InChI=1S/C16H22N2S/c1-10-6-11(2)16(12(3)7-10)13(4)17-8-15-9-19-14(5)18-15/h6-7,9,13,17H,8H2,1-5H3. The van der Waals surface area contributed by atoms with E-state index in [0.29, 0.717) is 6.04 Å². The molecule has 1 N–H and O–H groups in total. The molecule has 2 rings (SSSR count). The van der Waals surface area contributed by atoms with E-state index in [4.69, 9.17) is 0 Å². The summed E-state index contributed by atoms with van der Waals surface area (Å²) in [7, 11) is 0. The maximum Gasteiger partial charge on any atom is 0.0897 e. The predicted octanol–water partition coefficient (Wildman–Crippen LogP) is 4.23. The number of thiazole rings is 1. The van der Waals surface area contributed by atoms with Crippen LogP contribution in [0.25, 0.3) is 0 Å². The Morgan fingerprint density at radius 2 is 1.79 bits per heavy atom. The highest BCUT2D eigenvalue weighted by atomic mass is 32.1. The van der Waals surface area contributed by atoms with E-state index >= 15 is 0 Å². The first kappa shape index (κ1) is 14.2. The molecule has 0 saturated heterocycles. The molecule has 1 atom stereocenters. The van der Waals surface area contributed by atoms with Crippen LogP contribution in [0.5, 0.6) is 0 Å². The molecule has 0 aliphatic heterocycles. The Bertz CT molecular complexity index is 549. The highest BCUT2D eigenvalue weighted by Gasteiger charge is 2.12. The van der Waals surface area contributed by atoms with Crippen molar-refractivity contribution in [3.8, 4) is 0 Å². The van der Waals surface area contributed by atoms with Crippen LogP contribution in [-0.2, 0) is 6.54 Å². The van der Waals surface area contributed by atoms with Gasteiger partial charge in [-0.1, -0.05) is 17.7 Å². The van der Waals surface area contributed by atoms with Gasteiger partial charge in [0.2, 0.25) is 0 Å². The first-order valence-corrected chi connectivity index (χ1v) is 7.57. The summed E-state index contributed by atoms with van der Waals surface area (Å²) in [5, 5.41) is 6.83. The van der Waals surface area contributed by atoms with Crippen molar-refractivity contribution in [1.29, 1.82) is 0 Å². The van der Waals surface area contributed by atoms with E-state index in [2.05, 4.69) is 55.5 Å². The van der Waals surface area contributed by atoms with Crippen LogP contribution < -0.4 is 5.32 Å². The molecule has 1 unspecified atom stereocenters. The summed E-state index contributed by atoms with van der Waals surface area (Å²) in [4.78, 5) is 4.49.